The summed E-state index contributed by atoms with van der Waals surface area (Å²) >= 11 is 0. The first-order valence-electron chi connectivity index (χ1n) is 7.98. The molecule has 0 bridgehead atoms. The maximum absolute atomic E-state index is 5.52. The van der Waals surface area contributed by atoms with Crippen molar-refractivity contribution in [1.29, 1.82) is 0 Å². The van der Waals surface area contributed by atoms with Crippen LogP contribution >= 0.6 is 0 Å². The molecule has 0 saturated carbocycles. The Morgan fingerprint density at radius 2 is 2.05 bits per heavy atom. The highest BCUT2D eigenvalue weighted by Crippen LogP contribution is 2.21. The van der Waals surface area contributed by atoms with Crippen molar-refractivity contribution in [2.24, 2.45) is 0 Å². The fourth-order valence-corrected chi connectivity index (χ4v) is 2.91. The van der Waals surface area contributed by atoms with E-state index < -0.39 is 0 Å². The predicted octanol–water partition coefficient (Wildman–Crippen LogP) is 2.46. The number of benzene rings is 1. The van der Waals surface area contributed by atoms with Crippen molar-refractivity contribution in [2.75, 3.05) is 39.9 Å². The van der Waals surface area contributed by atoms with Crippen LogP contribution < -0.4 is 10.1 Å². The Balaban J connectivity index is 1.97. The number of hydrogen-bond acceptors (Lipinski definition) is 4. The topological polar surface area (TPSA) is 33.7 Å². The van der Waals surface area contributed by atoms with Crippen molar-refractivity contribution in [3.63, 3.8) is 0 Å². The molecule has 0 aliphatic carbocycles. The highest BCUT2D eigenvalue weighted by molar-refractivity contribution is 5.29. The number of nitrogens with one attached hydrogen (secondary N) is 1. The lowest BCUT2D eigenvalue weighted by atomic mass is 10.1. The van der Waals surface area contributed by atoms with Gasteiger partial charge in [0.15, 0.2) is 0 Å². The van der Waals surface area contributed by atoms with E-state index in [2.05, 4.69) is 41.4 Å². The Labute approximate surface area is 128 Å². The second-order valence-corrected chi connectivity index (χ2v) is 5.52. The van der Waals surface area contributed by atoms with Crippen molar-refractivity contribution in [3.8, 4) is 5.75 Å². The van der Waals surface area contributed by atoms with Crippen LogP contribution in [0.1, 0.15) is 31.9 Å². The van der Waals surface area contributed by atoms with Crippen LogP contribution in [-0.2, 0) is 4.74 Å². The van der Waals surface area contributed by atoms with Gasteiger partial charge >= 0.3 is 0 Å². The van der Waals surface area contributed by atoms with Crippen molar-refractivity contribution in [1.82, 2.24) is 10.2 Å². The van der Waals surface area contributed by atoms with Crippen molar-refractivity contribution >= 4 is 0 Å². The maximum atomic E-state index is 5.52. The molecule has 1 heterocycles. The zero-order chi connectivity index (χ0) is 15.1. The molecule has 1 aromatic carbocycles. The molecule has 1 aliphatic rings. The van der Waals surface area contributed by atoms with Gasteiger partial charge in [-0.15, -0.1) is 0 Å². The molecule has 0 amide bonds. The molecular formula is C17H28N2O2. The smallest absolute Gasteiger partial charge is 0.119 e. The molecule has 1 aliphatic heterocycles. The molecule has 2 atom stereocenters. The van der Waals surface area contributed by atoms with E-state index in [1.165, 1.54) is 5.56 Å². The van der Waals surface area contributed by atoms with E-state index in [0.29, 0.717) is 18.8 Å². The lowest BCUT2D eigenvalue weighted by molar-refractivity contribution is 0.106. The number of nitrogens with zero attached hydrogens (tertiary/aromatic N) is 1. The molecule has 4 nitrogen and oxygen atoms in total. The maximum Gasteiger partial charge on any atom is 0.119 e. The Morgan fingerprint density at radius 3 is 2.62 bits per heavy atom. The SMILES string of the molecule is CCNC(CN1CCC(OC)C1)c1ccc(OCC)cc1. The average Bonchev–Trinajstić information content (AvgIpc) is 2.96. The average molecular weight is 292 g/mol. The van der Waals surface area contributed by atoms with Crippen LogP contribution in [0.5, 0.6) is 5.75 Å². The van der Waals surface area contributed by atoms with Crippen LogP contribution in [0.25, 0.3) is 0 Å². The minimum atomic E-state index is 0.362. The van der Waals surface area contributed by atoms with E-state index in [1.54, 1.807) is 0 Å². The summed E-state index contributed by atoms with van der Waals surface area (Å²) in [6, 6.07) is 8.82. The fourth-order valence-electron chi connectivity index (χ4n) is 2.91. The van der Waals surface area contributed by atoms with Crippen LogP contribution in [0.3, 0.4) is 0 Å². The van der Waals surface area contributed by atoms with Gasteiger partial charge in [-0.2, -0.15) is 0 Å². The first-order valence-corrected chi connectivity index (χ1v) is 7.98. The monoisotopic (exact) mass is 292 g/mol. The van der Waals surface area contributed by atoms with Crippen molar-refractivity contribution in [3.05, 3.63) is 29.8 Å². The highest BCUT2D eigenvalue weighted by Gasteiger charge is 2.24. The molecular weight excluding hydrogens is 264 g/mol. The van der Waals surface area contributed by atoms with Crippen molar-refractivity contribution in [2.45, 2.75) is 32.4 Å². The van der Waals surface area contributed by atoms with Crippen LogP contribution in [0.2, 0.25) is 0 Å². The third-order valence-electron chi connectivity index (χ3n) is 4.05. The van der Waals surface area contributed by atoms with Crippen molar-refractivity contribution < 1.29 is 9.47 Å². The molecule has 4 heteroatoms. The van der Waals surface area contributed by atoms with E-state index in [4.69, 9.17) is 9.47 Å². The quantitative estimate of drug-likeness (QED) is 0.798. The predicted molar refractivity (Wildman–Crippen MR) is 85.9 cm³/mol. The molecule has 0 radical (unpaired) electrons. The molecule has 118 valence electrons. The zero-order valence-electron chi connectivity index (χ0n) is 13.5. The Bertz CT molecular complexity index is 408. The first kappa shape index (κ1) is 16.3. The lowest BCUT2D eigenvalue weighted by Gasteiger charge is -2.25. The molecule has 0 aromatic heterocycles. The fraction of sp³-hybridized carbons (Fsp3) is 0.647. The first-order chi connectivity index (χ1) is 10.3. The number of hydrogen-bond donors (Lipinski definition) is 1. The molecule has 0 spiro atoms. The summed E-state index contributed by atoms with van der Waals surface area (Å²) in [5.41, 5.74) is 1.32. The van der Waals surface area contributed by atoms with Crippen LogP contribution in [0, 0.1) is 0 Å². The molecule has 1 N–H and O–H groups in total. The van der Waals surface area contributed by atoms with Crippen LogP contribution in [0.4, 0.5) is 0 Å². The second kappa shape index (κ2) is 8.37. The highest BCUT2D eigenvalue weighted by atomic mass is 16.5. The standard InChI is InChI=1S/C17H28N2O2/c1-4-18-17(13-19-11-10-16(12-19)20-3)14-6-8-15(9-7-14)21-5-2/h6-9,16-18H,4-5,10-13H2,1-3H3. The van der Waals surface area contributed by atoms with E-state index in [0.717, 1.165) is 38.3 Å². The van der Waals surface area contributed by atoms with E-state index in [-0.39, 0.29) is 0 Å². The van der Waals surface area contributed by atoms with Gasteiger partial charge in [0.05, 0.1) is 12.7 Å². The van der Waals surface area contributed by atoms with Gasteiger partial charge in [0, 0.05) is 32.8 Å². The third kappa shape index (κ3) is 4.70. The summed E-state index contributed by atoms with van der Waals surface area (Å²) in [4.78, 5) is 2.48. The van der Waals surface area contributed by atoms with E-state index in [9.17, 15) is 0 Å². The van der Waals surface area contributed by atoms with E-state index >= 15 is 0 Å². The Morgan fingerprint density at radius 1 is 1.29 bits per heavy atom. The summed E-state index contributed by atoms with van der Waals surface area (Å²) in [6.07, 6.45) is 1.53. The van der Waals surface area contributed by atoms with Gasteiger partial charge in [-0.25, -0.2) is 0 Å². The number of methoxy groups -OCH3 is 1. The van der Waals surface area contributed by atoms with Gasteiger partial charge in [-0.05, 0) is 37.6 Å². The third-order valence-corrected chi connectivity index (χ3v) is 4.05. The van der Waals surface area contributed by atoms with Gasteiger partial charge in [0.2, 0.25) is 0 Å². The molecule has 1 aromatic rings. The van der Waals surface area contributed by atoms with Gasteiger partial charge in [0.25, 0.3) is 0 Å². The summed E-state index contributed by atoms with van der Waals surface area (Å²) in [5, 5.41) is 3.59. The number of ether oxygens (including phenoxy) is 2. The molecule has 21 heavy (non-hydrogen) atoms. The van der Waals surface area contributed by atoms with Crippen LogP contribution in [0.15, 0.2) is 24.3 Å². The summed E-state index contributed by atoms with van der Waals surface area (Å²) in [6.45, 7) is 9.04. The van der Waals surface area contributed by atoms with Gasteiger partial charge < -0.3 is 14.8 Å². The summed E-state index contributed by atoms with van der Waals surface area (Å²) in [5.74, 6) is 0.942. The summed E-state index contributed by atoms with van der Waals surface area (Å²) in [7, 11) is 1.81. The molecule has 2 unspecified atom stereocenters. The Kier molecular flexibility index (Phi) is 6.49. The number of likely N-dealkylation sites (N-methyl/N-ethyl adjacent to an activating group) is 1. The van der Waals surface area contributed by atoms with Gasteiger partial charge in [0.1, 0.15) is 5.75 Å². The number of likely N-dealkylation sites (tertiary alicyclic amines) is 1. The van der Waals surface area contributed by atoms with E-state index in [1.807, 2.05) is 14.0 Å². The van der Waals surface area contributed by atoms with Crippen LogP contribution in [-0.4, -0.2) is 50.9 Å². The molecule has 1 saturated heterocycles. The summed E-state index contributed by atoms with van der Waals surface area (Å²) < 4.78 is 11.0. The molecule has 1 fully saturated rings. The van der Waals surface area contributed by atoms with Gasteiger partial charge in [-0.1, -0.05) is 19.1 Å². The normalized spacial score (nSPS) is 20.6. The minimum absolute atomic E-state index is 0.362. The largest absolute Gasteiger partial charge is 0.494 e. The van der Waals surface area contributed by atoms with Gasteiger partial charge in [-0.3, -0.25) is 4.90 Å². The zero-order valence-corrected chi connectivity index (χ0v) is 13.5. The Hall–Kier alpha value is -1.10. The number of rotatable bonds is 8. The second-order valence-electron chi connectivity index (χ2n) is 5.52. The lowest BCUT2D eigenvalue weighted by Crippen LogP contribution is -2.34. The minimum Gasteiger partial charge on any atom is -0.494 e. The molecule has 2 rings (SSSR count).